The number of halogens is 2. The number of hydrogen-bond donors (Lipinski definition) is 1. The lowest BCUT2D eigenvalue weighted by Gasteiger charge is -2.35. The molecule has 1 fully saturated rings. The molecule has 134 valence electrons. The highest BCUT2D eigenvalue weighted by atomic mass is 19.3. The van der Waals surface area contributed by atoms with Crippen LogP contribution in [0.15, 0.2) is 24.3 Å². The van der Waals surface area contributed by atoms with Gasteiger partial charge in [-0.25, -0.2) is 0 Å². The maximum absolute atomic E-state index is 12.3. The van der Waals surface area contributed by atoms with E-state index in [9.17, 15) is 13.6 Å². The van der Waals surface area contributed by atoms with Gasteiger partial charge in [-0.1, -0.05) is 12.1 Å². The van der Waals surface area contributed by atoms with E-state index in [1.165, 1.54) is 12.1 Å². The minimum atomic E-state index is -2.83. The molecule has 1 N–H and O–H groups in total. The molecule has 3 atom stereocenters. The Morgan fingerprint density at radius 2 is 1.88 bits per heavy atom. The molecule has 0 radical (unpaired) electrons. The van der Waals surface area contributed by atoms with Crippen LogP contribution in [0.2, 0.25) is 0 Å². The van der Waals surface area contributed by atoms with E-state index in [0.29, 0.717) is 13.1 Å². The minimum Gasteiger partial charge on any atom is -0.435 e. The van der Waals surface area contributed by atoms with Crippen LogP contribution in [0.25, 0.3) is 0 Å². The van der Waals surface area contributed by atoms with Crippen molar-refractivity contribution in [3.8, 4) is 5.75 Å². The summed E-state index contributed by atoms with van der Waals surface area (Å²) in [6, 6.07) is 6.32. The number of nitrogens with one attached hydrogen (secondary N) is 1. The maximum Gasteiger partial charge on any atom is 0.387 e. The fourth-order valence-corrected chi connectivity index (χ4v) is 2.79. The van der Waals surface area contributed by atoms with Gasteiger partial charge < -0.3 is 19.7 Å². The summed E-state index contributed by atoms with van der Waals surface area (Å²) in [4.78, 5) is 14.1. The molecule has 7 heteroatoms. The molecule has 3 unspecified atom stereocenters. The van der Waals surface area contributed by atoms with Gasteiger partial charge in [0.1, 0.15) is 5.75 Å². The van der Waals surface area contributed by atoms with E-state index in [4.69, 9.17) is 4.74 Å². The summed E-state index contributed by atoms with van der Waals surface area (Å²) in [5.74, 6) is 0.148. The van der Waals surface area contributed by atoms with Crippen molar-refractivity contribution in [2.45, 2.75) is 45.6 Å². The van der Waals surface area contributed by atoms with E-state index < -0.39 is 6.61 Å². The molecule has 2 rings (SSSR count). The Hall–Kier alpha value is -1.73. The zero-order valence-corrected chi connectivity index (χ0v) is 14.2. The highest BCUT2D eigenvalue weighted by molar-refractivity contribution is 5.78. The summed E-state index contributed by atoms with van der Waals surface area (Å²) in [7, 11) is 0. The number of ether oxygens (including phenoxy) is 2. The van der Waals surface area contributed by atoms with Gasteiger partial charge in [-0.15, -0.1) is 0 Å². The predicted molar refractivity (Wildman–Crippen MR) is 86.1 cm³/mol. The standard InChI is InChI=1S/C17H24F2N2O3/c1-11-9-21(10-12(2)23-11)16(22)8-20-13(3)14-4-6-15(7-5-14)24-17(18)19/h4-7,11-13,17,20H,8-10H2,1-3H3. The van der Waals surface area contributed by atoms with Gasteiger partial charge in [-0.05, 0) is 38.5 Å². The van der Waals surface area contributed by atoms with Crippen LogP contribution < -0.4 is 10.1 Å². The number of hydrogen-bond acceptors (Lipinski definition) is 4. The quantitative estimate of drug-likeness (QED) is 0.863. The maximum atomic E-state index is 12.3. The van der Waals surface area contributed by atoms with Gasteiger partial charge in [-0.3, -0.25) is 4.79 Å². The van der Waals surface area contributed by atoms with Crippen LogP contribution in [0.5, 0.6) is 5.75 Å². The van der Waals surface area contributed by atoms with Gasteiger partial charge in [0.2, 0.25) is 5.91 Å². The first-order valence-corrected chi connectivity index (χ1v) is 8.06. The Labute approximate surface area is 140 Å². The van der Waals surface area contributed by atoms with Gasteiger partial charge >= 0.3 is 6.61 Å². The van der Waals surface area contributed by atoms with Crippen LogP contribution in [-0.4, -0.2) is 49.3 Å². The smallest absolute Gasteiger partial charge is 0.387 e. The molecule has 1 heterocycles. The lowest BCUT2D eigenvalue weighted by Crippen LogP contribution is -2.50. The molecule has 0 aliphatic carbocycles. The first kappa shape index (κ1) is 18.6. The SMILES string of the molecule is CC1CN(C(=O)CNC(C)c2ccc(OC(F)F)cc2)CC(C)O1. The van der Waals surface area contributed by atoms with Crippen molar-refractivity contribution >= 4 is 5.91 Å². The molecule has 1 saturated heterocycles. The summed E-state index contributed by atoms with van der Waals surface area (Å²) in [6.07, 6.45) is 0.0787. The zero-order valence-electron chi connectivity index (χ0n) is 14.2. The first-order chi connectivity index (χ1) is 11.3. The van der Waals surface area contributed by atoms with Crippen molar-refractivity contribution in [3.05, 3.63) is 29.8 Å². The van der Waals surface area contributed by atoms with Crippen molar-refractivity contribution in [3.63, 3.8) is 0 Å². The number of morpholine rings is 1. The molecule has 1 amide bonds. The summed E-state index contributed by atoms with van der Waals surface area (Å²) in [5, 5.41) is 3.16. The fourth-order valence-electron chi connectivity index (χ4n) is 2.79. The van der Waals surface area contributed by atoms with E-state index in [1.54, 1.807) is 17.0 Å². The van der Waals surface area contributed by atoms with Crippen molar-refractivity contribution in [2.24, 2.45) is 0 Å². The summed E-state index contributed by atoms with van der Waals surface area (Å²) in [6.45, 7) is 4.40. The number of carbonyl (C=O) groups excluding carboxylic acids is 1. The molecule has 1 aliphatic rings. The first-order valence-electron chi connectivity index (χ1n) is 8.06. The minimum absolute atomic E-state index is 0.0292. The van der Waals surface area contributed by atoms with Crippen LogP contribution in [0.3, 0.4) is 0 Å². The number of benzene rings is 1. The fraction of sp³-hybridized carbons (Fsp3) is 0.588. The average molecular weight is 342 g/mol. The Morgan fingerprint density at radius 1 is 1.29 bits per heavy atom. The van der Waals surface area contributed by atoms with E-state index in [-0.39, 0.29) is 36.5 Å². The van der Waals surface area contributed by atoms with Crippen molar-refractivity contribution in [1.82, 2.24) is 10.2 Å². The Bertz CT molecular complexity index is 529. The number of rotatable bonds is 6. The molecule has 24 heavy (non-hydrogen) atoms. The van der Waals surface area contributed by atoms with Gasteiger partial charge in [0.15, 0.2) is 0 Å². The largest absolute Gasteiger partial charge is 0.435 e. The Morgan fingerprint density at radius 3 is 2.42 bits per heavy atom. The van der Waals surface area contributed by atoms with Crippen LogP contribution in [0.1, 0.15) is 32.4 Å². The molecule has 0 spiro atoms. The van der Waals surface area contributed by atoms with Gasteiger partial charge in [0, 0.05) is 19.1 Å². The molecular formula is C17H24F2N2O3. The highest BCUT2D eigenvalue weighted by Gasteiger charge is 2.25. The molecule has 0 saturated carbocycles. The third-order valence-electron chi connectivity index (χ3n) is 3.94. The predicted octanol–water partition coefficient (Wildman–Crippen LogP) is 2.57. The van der Waals surface area contributed by atoms with Gasteiger partial charge in [0.25, 0.3) is 0 Å². The van der Waals surface area contributed by atoms with Crippen molar-refractivity contribution in [2.75, 3.05) is 19.6 Å². The normalized spacial score (nSPS) is 22.5. The molecular weight excluding hydrogens is 318 g/mol. The van der Waals surface area contributed by atoms with Crippen LogP contribution in [-0.2, 0) is 9.53 Å². The average Bonchev–Trinajstić information content (AvgIpc) is 2.51. The lowest BCUT2D eigenvalue weighted by molar-refractivity contribution is -0.142. The Kier molecular flexibility index (Phi) is 6.51. The summed E-state index contributed by atoms with van der Waals surface area (Å²) < 4.78 is 34.2. The third kappa shape index (κ3) is 5.42. The van der Waals surface area contributed by atoms with E-state index in [0.717, 1.165) is 5.56 Å². The molecule has 5 nitrogen and oxygen atoms in total. The van der Waals surface area contributed by atoms with Crippen LogP contribution in [0, 0.1) is 0 Å². The second kappa shape index (κ2) is 8.39. The summed E-state index contributed by atoms with van der Waals surface area (Å²) in [5.41, 5.74) is 0.896. The summed E-state index contributed by atoms with van der Waals surface area (Å²) >= 11 is 0. The molecule has 0 bridgehead atoms. The molecule has 0 aromatic heterocycles. The lowest BCUT2D eigenvalue weighted by atomic mass is 10.1. The zero-order chi connectivity index (χ0) is 17.7. The number of amides is 1. The van der Waals surface area contributed by atoms with Crippen LogP contribution in [0.4, 0.5) is 8.78 Å². The Balaban J connectivity index is 1.83. The van der Waals surface area contributed by atoms with Crippen molar-refractivity contribution in [1.29, 1.82) is 0 Å². The third-order valence-corrected chi connectivity index (χ3v) is 3.94. The van der Waals surface area contributed by atoms with Gasteiger partial charge in [-0.2, -0.15) is 8.78 Å². The van der Waals surface area contributed by atoms with Crippen molar-refractivity contribution < 1.29 is 23.0 Å². The van der Waals surface area contributed by atoms with E-state index in [2.05, 4.69) is 10.1 Å². The molecule has 1 aromatic carbocycles. The van der Waals surface area contributed by atoms with E-state index >= 15 is 0 Å². The second-order valence-electron chi connectivity index (χ2n) is 6.11. The van der Waals surface area contributed by atoms with Gasteiger partial charge in [0.05, 0.1) is 18.8 Å². The van der Waals surface area contributed by atoms with E-state index in [1.807, 2.05) is 20.8 Å². The second-order valence-corrected chi connectivity index (χ2v) is 6.11. The number of alkyl halides is 2. The number of carbonyl (C=O) groups is 1. The monoisotopic (exact) mass is 342 g/mol. The number of nitrogens with zero attached hydrogens (tertiary/aromatic N) is 1. The molecule has 1 aromatic rings. The highest BCUT2D eigenvalue weighted by Crippen LogP contribution is 2.19. The van der Waals surface area contributed by atoms with Crippen LogP contribution >= 0.6 is 0 Å². The molecule has 1 aliphatic heterocycles. The topological polar surface area (TPSA) is 50.8 Å².